The molecule has 2 atom stereocenters. The molecule has 1 N–H and O–H groups in total. The summed E-state index contributed by atoms with van der Waals surface area (Å²) in [5.74, 6) is 0. The predicted octanol–water partition coefficient (Wildman–Crippen LogP) is 3.47. The van der Waals surface area contributed by atoms with Gasteiger partial charge in [-0.2, -0.15) is 0 Å². The molecule has 1 aromatic rings. The van der Waals surface area contributed by atoms with Gasteiger partial charge in [0.25, 0.3) is 0 Å². The topological polar surface area (TPSA) is 62.7 Å². The Kier molecular flexibility index (Phi) is 5.30. The number of carbonyl (C=O) groups is 1. The van der Waals surface area contributed by atoms with Crippen LogP contribution in [0, 0.1) is 0 Å². The largest absolute Gasteiger partial charge is 0.444 e. The summed E-state index contributed by atoms with van der Waals surface area (Å²) in [7, 11) is 0. The van der Waals surface area contributed by atoms with Crippen LogP contribution >= 0.6 is 0 Å². The highest BCUT2D eigenvalue weighted by Gasteiger charge is 2.39. The molecule has 1 aliphatic rings. The van der Waals surface area contributed by atoms with Crippen molar-refractivity contribution in [3.05, 3.63) is 30.1 Å². The molecule has 0 spiro atoms. The molecule has 1 fully saturated rings. The number of pyridine rings is 1. The summed E-state index contributed by atoms with van der Waals surface area (Å²) in [6, 6.07) is 3.69. The van der Waals surface area contributed by atoms with Crippen LogP contribution < -0.4 is 0 Å². The van der Waals surface area contributed by atoms with Gasteiger partial charge in [-0.3, -0.25) is 4.98 Å². The number of amides is 1. The van der Waals surface area contributed by atoms with E-state index in [9.17, 15) is 9.90 Å². The Morgan fingerprint density at radius 1 is 1.43 bits per heavy atom. The Labute approximate surface area is 138 Å². The minimum atomic E-state index is -0.901. The molecule has 1 aliphatic carbocycles. The summed E-state index contributed by atoms with van der Waals surface area (Å²) in [6.45, 7) is 8.13. The van der Waals surface area contributed by atoms with Crippen molar-refractivity contribution in [3.8, 4) is 0 Å². The van der Waals surface area contributed by atoms with Gasteiger partial charge in [-0.15, -0.1) is 0 Å². The Hall–Kier alpha value is -1.62. The number of hydrogen-bond acceptors (Lipinski definition) is 4. The number of carbonyl (C=O) groups excluding carboxylic acids is 1. The summed E-state index contributed by atoms with van der Waals surface area (Å²) < 4.78 is 5.51. The fourth-order valence-corrected chi connectivity index (χ4v) is 3.27. The maximum Gasteiger partial charge on any atom is 0.410 e. The van der Waals surface area contributed by atoms with E-state index in [4.69, 9.17) is 4.74 Å². The summed E-state index contributed by atoms with van der Waals surface area (Å²) in [6.07, 6.45) is 6.10. The smallest absolute Gasteiger partial charge is 0.410 e. The van der Waals surface area contributed by atoms with Gasteiger partial charge in [0.2, 0.25) is 0 Å². The monoisotopic (exact) mass is 320 g/mol. The number of rotatable bonds is 3. The van der Waals surface area contributed by atoms with E-state index in [2.05, 4.69) is 4.98 Å². The first kappa shape index (κ1) is 17.7. The number of hydrogen-bond donors (Lipinski definition) is 1. The zero-order chi connectivity index (χ0) is 17.1. The molecule has 1 amide bonds. The average Bonchev–Trinajstić information content (AvgIpc) is 2.47. The third-order valence-electron chi connectivity index (χ3n) is 4.33. The average molecular weight is 320 g/mol. The fraction of sp³-hybridized carbons (Fsp3) is 0.667. The molecule has 1 heterocycles. The van der Waals surface area contributed by atoms with Gasteiger partial charge in [0.1, 0.15) is 5.60 Å². The minimum absolute atomic E-state index is 0.0123. The van der Waals surface area contributed by atoms with Crippen LogP contribution in [0.2, 0.25) is 0 Å². The lowest BCUT2D eigenvalue weighted by molar-refractivity contribution is -0.0417. The highest BCUT2D eigenvalue weighted by Crippen LogP contribution is 2.38. The minimum Gasteiger partial charge on any atom is -0.444 e. The molecule has 128 valence electrons. The first-order valence-corrected chi connectivity index (χ1v) is 8.38. The number of ether oxygens (including phenoxy) is 1. The van der Waals surface area contributed by atoms with Crippen LogP contribution in [-0.4, -0.2) is 39.3 Å². The van der Waals surface area contributed by atoms with E-state index < -0.39 is 11.2 Å². The van der Waals surface area contributed by atoms with E-state index in [1.807, 2.05) is 39.8 Å². The van der Waals surface area contributed by atoms with Gasteiger partial charge in [-0.1, -0.05) is 0 Å². The zero-order valence-corrected chi connectivity index (χ0v) is 14.6. The molecule has 5 heteroatoms. The molecule has 0 aromatic carbocycles. The number of aliphatic hydroxyl groups is 1. The maximum atomic E-state index is 12.4. The second-order valence-electron chi connectivity index (χ2n) is 7.28. The Morgan fingerprint density at radius 3 is 2.65 bits per heavy atom. The molecular weight excluding hydrogens is 292 g/mol. The summed E-state index contributed by atoms with van der Waals surface area (Å²) in [4.78, 5) is 18.2. The molecule has 2 rings (SSSR count). The van der Waals surface area contributed by atoms with Crippen LogP contribution in [0.1, 0.15) is 58.9 Å². The van der Waals surface area contributed by atoms with Gasteiger partial charge in [0, 0.05) is 31.4 Å². The Morgan fingerprint density at radius 2 is 2.09 bits per heavy atom. The van der Waals surface area contributed by atoms with E-state index in [0.717, 1.165) is 18.4 Å². The number of aromatic nitrogens is 1. The van der Waals surface area contributed by atoms with Crippen LogP contribution in [0.15, 0.2) is 24.5 Å². The second-order valence-corrected chi connectivity index (χ2v) is 7.28. The quantitative estimate of drug-likeness (QED) is 0.926. The highest BCUT2D eigenvalue weighted by atomic mass is 16.6. The van der Waals surface area contributed by atoms with Crippen LogP contribution in [0.3, 0.4) is 0 Å². The van der Waals surface area contributed by atoms with E-state index >= 15 is 0 Å². The summed E-state index contributed by atoms with van der Waals surface area (Å²) in [5, 5.41) is 11.1. The van der Waals surface area contributed by atoms with E-state index in [-0.39, 0.29) is 12.1 Å². The van der Waals surface area contributed by atoms with Gasteiger partial charge in [-0.05, 0) is 64.7 Å². The van der Waals surface area contributed by atoms with Crippen LogP contribution in [-0.2, 0) is 10.3 Å². The first-order valence-electron chi connectivity index (χ1n) is 8.38. The maximum absolute atomic E-state index is 12.4. The fourth-order valence-electron chi connectivity index (χ4n) is 3.27. The van der Waals surface area contributed by atoms with Crippen molar-refractivity contribution in [3.63, 3.8) is 0 Å². The Bertz CT molecular complexity index is 527. The molecule has 0 bridgehead atoms. The van der Waals surface area contributed by atoms with Gasteiger partial charge in [0.05, 0.1) is 5.60 Å². The van der Waals surface area contributed by atoms with Gasteiger partial charge in [0.15, 0.2) is 0 Å². The highest BCUT2D eigenvalue weighted by molar-refractivity contribution is 5.68. The molecule has 0 radical (unpaired) electrons. The van der Waals surface area contributed by atoms with Crippen LogP contribution in [0.4, 0.5) is 4.79 Å². The molecule has 5 nitrogen and oxygen atoms in total. The van der Waals surface area contributed by atoms with Gasteiger partial charge in [-0.25, -0.2) is 4.79 Å². The third kappa shape index (κ3) is 4.44. The molecule has 0 aliphatic heterocycles. The molecule has 1 aromatic heterocycles. The summed E-state index contributed by atoms with van der Waals surface area (Å²) >= 11 is 0. The molecular formula is C18H28N2O3. The van der Waals surface area contributed by atoms with Crippen molar-refractivity contribution in [2.75, 3.05) is 6.54 Å². The van der Waals surface area contributed by atoms with Crippen molar-refractivity contribution in [1.82, 2.24) is 9.88 Å². The Balaban J connectivity index is 2.14. The van der Waals surface area contributed by atoms with Crippen molar-refractivity contribution in [1.29, 1.82) is 0 Å². The first-order chi connectivity index (χ1) is 10.7. The molecule has 23 heavy (non-hydrogen) atoms. The van der Waals surface area contributed by atoms with E-state index in [1.165, 1.54) is 0 Å². The van der Waals surface area contributed by atoms with Crippen molar-refractivity contribution < 1.29 is 14.6 Å². The third-order valence-corrected chi connectivity index (χ3v) is 4.33. The van der Waals surface area contributed by atoms with E-state index in [0.29, 0.717) is 19.4 Å². The SMILES string of the molecule is CCN(C(=O)OC(C)(C)C)C1CCCC(O)(c2ccncc2)C1. The van der Waals surface area contributed by atoms with E-state index in [1.54, 1.807) is 17.3 Å². The standard InChI is InChI=1S/C18H28N2O3/c1-5-20(16(21)23-17(2,3)4)15-7-6-10-18(22,13-15)14-8-11-19-12-9-14/h8-9,11-12,15,22H,5-7,10,13H2,1-4H3. The zero-order valence-electron chi connectivity index (χ0n) is 14.6. The normalized spacial score (nSPS) is 25.0. The van der Waals surface area contributed by atoms with Gasteiger partial charge >= 0.3 is 6.09 Å². The molecule has 0 saturated heterocycles. The van der Waals surface area contributed by atoms with Crippen LogP contribution in [0.25, 0.3) is 0 Å². The summed E-state index contributed by atoms with van der Waals surface area (Å²) in [5.41, 5.74) is -0.542. The number of nitrogens with zero attached hydrogens (tertiary/aromatic N) is 2. The molecule has 1 saturated carbocycles. The second kappa shape index (κ2) is 6.87. The van der Waals surface area contributed by atoms with Crippen molar-refractivity contribution in [2.45, 2.75) is 70.6 Å². The predicted molar refractivity (Wildman–Crippen MR) is 89.0 cm³/mol. The van der Waals surface area contributed by atoms with Crippen molar-refractivity contribution >= 4 is 6.09 Å². The van der Waals surface area contributed by atoms with Crippen molar-refractivity contribution in [2.24, 2.45) is 0 Å². The lowest BCUT2D eigenvalue weighted by Gasteiger charge is -2.42. The van der Waals surface area contributed by atoms with Crippen LogP contribution in [0.5, 0.6) is 0 Å². The van der Waals surface area contributed by atoms with Gasteiger partial charge < -0.3 is 14.7 Å². The lowest BCUT2D eigenvalue weighted by Crippen LogP contribution is -2.48. The molecule has 2 unspecified atom stereocenters. The lowest BCUT2D eigenvalue weighted by atomic mass is 9.77.